The highest BCUT2D eigenvalue weighted by Gasteiger charge is 2.70. The molecule has 0 aromatic carbocycles. The minimum Gasteiger partial charge on any atom is -0.377 e. The maximum atomic E-state index is 12.6. The molecule has 1 saturated carbocycles. The zero-order valence-corrected chi connectivity index (χ0v) is 13.3. The van der Waals surface area contributed by atoms with Gasteiger partial charge in [0.05, 0.1) is 11.7 Å². The highest BCUT2D eigenvalue weighted by atomic mass is 16.5. The zero-order valence-electron chi connectivity index (χ0n) is 13.3. The molecule has 1 heterocycles. The summed E-state index contributed by atoms with van der Waals surface area (Å²) in [5.41, 5.74) is 4.95. The standard InChI is InChI=1S/C15H28N2O3/c1-13(2,19-5)9-17-12(18)15(16)10-7-6-8-20-11(10)14(15,3)4/h10-11H,6-9,16H2,1-5H3,(H,17,18). The molecule has 20 heavy (non-hydrogen) atoms. The van der Waals surface area contributed by atoms with Gasteiger partial charge in [-0.05, 0) is 26.7 Å². The maximum Gasteiger partial charge on any atom is 0.241 e. The van der Waals surface area contributed by atoms with Crippen molar-refractivity contribution in [2.24, 2.45) is 17.1 Å². The van der Waals surface area contributed by atoms with Gasteiger partial charge in [0, 0.05) is 31.6 Å². The summed E-state index contributed by atoms with van der Waals surface area (Å²) in [6.07, 6.45) is 2.04. The molecule has 0 bridgehead atoms. The van der Waals surface area contributed by atoms with Crippen LogP contribution in [0.2, 0.25) is 0 Å². The molecule has 0 radical (unpaired) electrons. The molecule has 3 N–H and O–H groups in total. The van der Waals surface area contributed by atoms with Crippen molar-refractivity contribution >= 4 is 5.91 Å². The number of hydrogen-bond donors (Lipinski definition) is 2. The van der Waals surface area contributed by atoms with Crippen molar-refractivity contribution in [3.63, 3.8) is 0 Å². The first-order valence-corrected chi connectivity index (χ1v) is 7.41. The van der Waals surface area contributed by atoms with E-state index in [4.69, 9.17) is 15.2 Å². The molecule has 1 aliphatic heterocycles. The molecule has 2 rings (SSSR count). The molecule has 1 amide bonds. The minimum absolute atomic E-state index is 0.0839. The lowest BCUT2D eigenvalue weighted by Crippen LogP contribution is -2.82. The lowest BCUT2D eigenvalue weighted by atomic mass is 9.46. The average Bonchev–Trinajstić information content (AvgIpc) is 2.43. The Bertz CT molecular complexity index is 395. The summed E-state index contributed by atoms with van der Waals surface area (Å²) < 4.78 is 11.2. The van der Waals surface area contributed by atoms with Gasteiger partial charge in [-0.2, -0.15) is 0 Å². The molecular weight excluding hydrogens is 256 g/mol. The number of nitrogens with two attached hydrogens (primary N) is 1. The van der Waals surface area contributed by atoms with Crippen molar-refractivity contribution in [3.8, 4) is 0 Å². The Morgan fingerprint density at radius 1 is 1.50 bits per heavy atom. The third kappa shape index (κ3) is 2.16. The molecule has 5 nitrogen and oxygen atoms in total. The molecule has 1 aliphatic carbocycles. The molecule has 2 fully saturated rings. The second kappa shape index (κ2) is 4.97. The molecule has 0 spiro atoms. The van der Waals surface area contributed by atoms with Crippen molar-refractivity contribution in [1.29, 1.82) is 0 Å². The minimum atomic E-state index is -0.845. The van der Waals surface area contributed by atoms with E-state index in [1.165, 1.54) is 0 Å². The number of carbonyl (C=O) groups is 1. The van der Waals surface area contributed by atoms with Crippen molar-refractivity contribution in [2.75, 3.05) is 20.3 Å². The first-order valence-electron chi connectivity index (χ1n) is 7.41. The average molecular weight is 284 g/mol. The second-order valence-electron chi connectivity index (χ2n) is 7.28. The number of rotatable bonds is 4. The number of methoxy groups -OCH3 is 1. The summed E-state index contributed by atoms with van der Waals surface area (Å²) in [6, 6.07) is 0. The van der Waals surface area contributed by atoms with Crippen molar-refractivity contribution in [1.82, 2.24) is 5.32 Å². The van der Waals surface area contributed by atoms with E-state index in [0.29, 0.717) is 6.54 Å². The molecule has 0 aromatic heterocycles. The van der Waals surface area contributed by atoms with Crippen LogP contribution in [0.4, 0.5) is 0 Å². The summed E-state index contributed by atoms with van der Waals surface area (Å²) in [5, 5.41) is 2.96. The topological polar surface area (TPSA) is 73.6 Å². The van der Waals surface area contributed by atoms with E-state index in [2.05, 4.69) is 5.32 Å². The first kappa shape index (κ1) is 15.7. The van der Waals surface area contributed by atoms with E-state index >= 15 is 0 Å². The van der Waals surface area contributed by atoms with Gasteiger partial charge in [-0.25, -0.2) is 0 Å². The van der Waals surface area contributed by atoms with Crippen LogP contribution in [0.25, 0.3) is 0 Å². The quantitative estimate of drug-likeness (QED) is 0.809. The van der Waals surface area contributed by atoms with Gasteiger partial charge in [0.1, 0.15) is 5.54 Å². The molecule has 1 saturated heterocycles. The van der Waals surface area contributed by atoms with Crippen LogP contribution in [0.5, 0.6) is 0 Å². The van der Waals surface area contributed by atoms with Crippen LogP contribution in [0, 0.1) is 11.3 Å². The predicted octanol–water partition coefficient (Wildman–Crippen LogP) is 1.06. The van der Waals surface area contributed by atoms with E-state index in [-0.39, 0.29) is 28.9 Å². The van der Waals surface area contributed by atoms with E-state index in [9.17, 15) is 4.79 Å². The number of nitrogens with one attached hydrogen (secondary N) is 1. The lowest BCUT2D eigenvalue weighted by molar-refractivity contribution is -0.225. The Labute approximate surface area is 121 Å². The number of amides is 1. The lowest BCUT2D eigenvalue weighted by Gasteiger charge is -2.65. The molecule has 0 aromatic rings. The van der Waals surface area contributed by atoms with Gasteiger partial charge in [-0.1, -0.05) is 13.8 Å². The summed E-state index contributed by atoms with van der Waals surface area (Å²) in [6.45, 7) is 9.17. The van der Waals surface area contributed by atoms with Crippen molar-refractivity contribution in [3.05, 3.63) is 0 Å². The number of hydrogen-bond acceptors (Lipinski definition) is 4. The fourth-order valence-corrected chi connectivity index (χ4v) is 3.55. The Kier molecular flexibility index (Phi) is 3.91. The Morgan fingerprint density at radius 3 is 2.75 bits per heavy atom. The van der Waals surface area contributed by atoms with Crippen LogP contribution in [-0.4, -0.2) is 43.4 Å². The fraction of sp³-hybridized carbons (Fsp3) is 0.933. The molecule has 2 aliphatic rings. The third-order valence-electron chi connectivity index (χ3n) is 5.29. The van der Waals surface area contributed by atoms with E-state index in [0.717, 1.165) is 19.4 Å². The van der Waals surface area contributed by atoms with Crippen molar-refractivity contribution < 1.29 is 14.3 Å². The summed E-state index contributed by atoms with van der Waals surface area (Å²) in [4.78, 5) is 12.6. The van der Waals surface area contributed by atoms with Gasteiger partial charge in [0.2, 0.25) is 5.91 Å². The number of fused-ring (bicyclic) bond motifs is 1. The van der Waals surface area contributed by atoms with Crippen LogP contribution < -0.4 is 11.1 Å². The number of ether oxygens (including phenoxy) is 2. The first-order chi connectivity index (χ1) is 9.17. The molecule has 116 valence electrons. The Balaban J connectivity index is 2.08. The van der Waals surface area contributed by atoms with Crippen molar-refractivity contribution in [2.45, 2.75) is 57.8 Å². The molecular formula is C15H28N2O3. The van der Waals surface area contributed by atoms with Crippen LogP contribution in [0.1, 0.15) is 40.5 Å². The van der Waals surface area contributed by atoms with Gasteiger partial charge in [-0.15, -0.1) is 0 Å². The third-order valence-corrected chi connectivity index (χ3v) is 5.29. The Hall–Kier alpha value is -0.650. The van der Waals surface area contributed by atoms with Gasteiger partial charge in [0.25, 0.3) is 0 Å². The van der Waals surface area contributed by atoms with E-state index < -0.39 is 5.54 Å². The SMILES string of the molecule is COC(C)(C)CNC(=O)C1(N)C2CCCOC2C1(C)C. The van der Waals surface area contributed by atoms with Crippen LogP contribution in [0.3, 0.4) is 0 Å². The van der Waals surface area contributed by atoms with Gasteiger partial charge >= 0.3 is 0 Å². The van der Waals surface area contributed by atoms with Crippen LogP contribution in [-0.2, 0) is 14.3 Å². The zero-order chi connectivity index (χ0) is 15.2. The molecule has 5 heteroatoms. The predicted molar refractivity (Wildman–Crippen MR) is 77.3 cm³/mol. The highest BCUT2D eigenvalue weighted by molar-refractivity contribution is 5.89. The Morgan fingerprint density at radius 2 is 2.15 bits per heavy atom. The second-order valence-corrected chi connectivity index (χ2v) is 7.28. The van der Waals surface area contributed by atoms with Crippen LogP contribution in [0.15, 0.2) is 0 Å². The van der Waals surface area contributed by atoms with E-state index in [1.807, 2.05) is 27.7 Å². The summed E-state index contributed by atoms with van der Waals surface area (Å²) in [7, 11) is 1.64. The van der Waals surface area contributed by atoms with E-state index in [1.54, 1.807) is 7.11 Å². The molecule has 3 unspecified atom stereocenters. The number of carbonyl (C=O) groups excluding carboxylic acids is 1. The molecule has 3 atom stereocenters. The van der Waals surface area contributed by atoms with Crippen LogP contribution >= 0.6 is 0 Å². The fourth-order valence-electron chi connectivity index (χ4n) is 3.55. The highest BCUT2D eigenvalue weighted by Crippen LogP contribution is 2.57. The summed E-state index contributed by atoms with van der Waals surface area (Å²) >= 11 is 0. The van der Waals surface area contributed by atoms with Gasteiger partial charge in [0.15, 0.2) is 0 Å². The smallest absolute Gasteiger partial charge is 0.241 e. The largest absolute Gasteiger partial charge is 0.377 e. The normalized spacial score (nSPS) is 35.9. The van der Waals surface area contributed by atoms with Gasteiger partial charge < -0.3 is 20.5 Å². The monoisotopic (exact) mass is 284 g/mol. The van der Waals surface area contributed by atoms with Gasteiger partial charge in [-0.3, -0.25) is 4.79 Å². The summed E-state index contributed by atoms with van der Waals surface area (Å²) in [5.74, 6) is 0.0382. The maximum absolute atomic E-state index is 12.6.